The largest absolute Gasteiger partial charge is 0.435 e. The predicted molar refractivity (Wildman–Crippen MR) is 78.4 cm³/mol. The van der Waals surface area contributed by atoms with Crippen molar-refractivity contribution in [3.63, 3.8) is 0 Å². The molecule has 0 N–H and O–H groups in total. The number of carbonyl (C=O) groups excluding carboxylic acids is 2. The summed E-state index contributed by atoms with van der Waals surface area (Å²) in [5, 5.41) is 0. The molecule has 20 heavy (non-hydrogen) atoms. The van der Waals surface area contributed by atoms with E-state index in [1.54, 1.807) is 12.2 Å². The fourth-order valence-corrected chi connectivity index (χ4v) is 1.73. The Labute approximate surface area is 120 Å². The number of hydrogen-bond acceptors (Lipinski definition) is 4. The van der Waals surface area contributed by atoms with E-state index in [0.29, 0.717) is 12.8 Å². The highest BCUT2D eigenvalue weighted by atomic mass is 16.5. The Morgan fingerprint density at radius 3 is 1.40 bits per heavy atom. The Morgan fingerprint density at radius 1 is 0.800 bits per heavy atom. The Hall–Kier alpha value is -2.10. The summed E-state index contributed by atoms with van der Waals surface area (Å²) < 4.78 is 9.43. The maximum Gasteiger partial charge on any atom is 0.317 e. The third kappa shape index (κ3) is 6.73. The van der Waals surface area contributed by atoms with Crippen molar-refractivity contribution in [2.24, 2.45) is 11.8 Å². The fourth-order valence-electron chi connectivity index (χ4n) is 1.73. The van der Waals surface area contributed by atoms with E-state index in [4.69, 9.17) is 9.47 Å². The van der Waals surface area contributed by atoms with Crippen LogP contribution in [0.4, 0.5) is 0 Å². The maximum absolute atomic E-state index is 11.5. The van der Waals surface area contributed by atoms with Crippen LogP contribution < -0.4 is 0 Å². The summed E-state index contributed by atoms with van der Waals surface area (Å²) in [5.74, 6) is -1.42. The van der Waals surface area contributed by atoms with E-state index >= 15 is 0 Å². The Bertz CT molecular complexity index is 335. The van der Waals surface area contributed by atoms with Crippen molar-refractivity contribution in [2.45, 2.75) is 25.7 Å². The SMILES string of the molecule is C=COC(=O)C(C=C)CCCCC(C=C)C(=O)OC=C. The molecule has 0 fully saturated rings. The molecule has 2 atom stereocenters. The smallest absolute Gasteiger partial charge is 0.317 e. The molecule has 0 aliphatic rings. The highest BCUT2D eigenvalue weighted by Crippen LogP contribution is 2.17. The third-order valence-corrected chi connectivity index (χ3v) is 2.85. The topological polar surface area (TPSA) is 52.6 Å². The first kappa shape index (κ1) is 17.9. The summed E-state index contributed by atoms with van der Waals surface area (Å²) in [6, 6.07) is 0. The molecule has 0 aromatic carbocycles. The molecule has 0 spiro atoms. The molecule has 0 rings (SSSR count). The second kappa shape index (κ2) is 10.8. The first-order valence-corrected chi connectivity index (χ1v) is 6.48. The van der Waals surface area contributed by atoms with E-state index in [1.807, 2.05) is 0 Å². The molecule has 0 saturated carbocycles. The summed E-state index contributed by atoms with van der Waals surface area (Å²) in [4.78, 5) is 23.0. The normalized spacial score (nSPS) is 12.6. The predicted octanol–water partition coefficient (Wildman–Crippen LogP) is 3.52. The van der Waals surface area contributed by atoms with Crippen LogP contribution >= 0.6 is 0 Å². The van der Waals surface area contributed by atoms with Gasteiger partial charge in [-0.3, -0.25) is 9.59 Å². The van der Waals surface area contributed by atoms with Gasteiger partial charge in [-0.1, -0.05) is 38.2 Å². The second-order valence-electron chi connectivity index (χ2n) is 4.18. The van der Waals surface area contributed by atoms with Crippen LogP contribution in [-0.2, 0) is 19.1 Å². The van der Waals surface area contributed by atoms with E-state index in [2.05, 4.69) is 26.3 Å². The third-order valence-electron chi connectivity index (χ3n) is 2.85. The van der Waals surface area contributed by atoms with Gasteiger partial charge < -0.3 is 9.47 Å². The van der Waals surface area contributed by atoms with Crippen LogP contribution in [0, 0.1) is 11.8 Å². The van der Waals surface area contributed by atoms with Gasteiger partial charge in [-0.05, 0) is 12.8 Å². The van der Waals surface area contributed by atoms with Crippen molar-refractivity contribution >= 4 is 11.9 Å². The highest BCUT2D eigenvalue weighted by molar-refractivity contribution is 5.75. The van der Waals surface area contributed by atoms with Gasteiger partial charge >= 0.3 is 11.9 Å². The quantitative estimate of drug-likeness (QED) is 0.251. The molecule has 0 aromatic rings. The van der Waals surface area contributed by atoms with Crippen molar-refractivity contribution < 1.29 is 19.1 Å². The van der Waals surface area contributed by atoms with Crippen LogP contribution in [0.5, 0.6) is 0 Å². The van der Waals surface area contributed by atoms with Gasteiger partial charge in [-0.15, -0.1) is 13.2 Å². The molecule has 0 aromatic heterocycles. The number of carbonyl (C=O) groups is 2. The van der Waals surface area contributed by atoms with Gasteiger partial charge in [0.25, 0.3) is 0 Å². The summed E-state index contributed by atoms with van der Waals surface area (Å²) in [6.07, 6.45) is 8.12. The molecule has 0 saturated heterocycles. The van der Waals surface area contributed by atoms with E-state index < -0.39 is 0 Å². The minimum absolute atomic E-state index is 0.352. The number of ether oxygens (including phenoxy) is 2. The number of esters is 2. The molecule has 4 heteroatoms. The lowest BCUT2D eigenvalue weighted by molar-refractivity contribution is -0.142. The maximum atomic E-state index is 11.5. The van der Waals surface area contributed by atoms with Crippen LogP contribution in [0.15, 0.2) is 51.0 Å². The molecular weight excluding hydrogens is 256 g/mol. The Balaban J connectivity index is 4.09. The minimum atomic E-state index is -0.360. The minimum Gasteiger partial charge on any atom is -0.435 e. The van der Waals surface area contributed by atoms with E-state index in [-0.39, 0.29) is 23.8 Å². The van der Waals surface area contributed by atoms with Crippen LogP contribution in [0.3, 0.4) is 0 Å². The average molecular weight is 278 g/mol. The molecule has 2 unspecified atom stereocenters. The summed E-state index contributed by atoms with van der Waals surface area (Å²) in [7, 11) is 0. The zero-order valence-corrected chi connectivity index (χ0v) is 11.8. The molecule has 110 valence electrons. The first-order valence-electron chi connectivity index (χ1n) is 6.48. The lowest BCUT2D eigenvalue weighted by Gasteiger charge is -2.12. The standard InChI is InChI=1S/C16H22O4/c1-5-13(15(17)19-7-3)11-9-10-12-14(6-2)16(18)20-8-4/h5-8,13-14H,1-4,9-12H2. The fraction of sp³-hybridized carbons (Fsp3) is 0.375. The Kier molecular flexibility index (Phi) is 9.66. The van der Waals surface area contributed by atoms with Gasteiger partial charge in [0.1, 0.15) is 0 Å². The Morgan fingerprint density at radius 2 is 1.15 bits per heavy atom. The van der Waals surface area contributed by atoms with E-state index in [9.17, 15) is 9.59 Å². The van der Waals surface area contributed by atoms with Gasteiger partial charge in [0, 0.05) is 0 Å². The molecular formula is C16H22O4. The van der Waals surface area contributed by atoms with Crippen LogP contribution in [0.25, 0.3) is 0 Å². The zero-order valence-electron chi connectivity index (χ0n) is 11.8. The molecule has 0 amide bonds. The number of hydrogen-bond donors (Lipinski definition) is 0. The van der Waals surface area contributed by atoms with Gasteiger partial charge in [0.05, 0.1) is 24.4 Å². The molecule has 0 radical (unpaired) electrons. The number of rotatable bonds is 11. The molecule has 4 nitrogen and oxygen atoms in total. The zero-order chi connectivity index (χ0) is 15.4. The van der Waals surface area contributed by atoms with Gasteiger partial charge in [-0.2, -0.15) is 0 Å². The van der Waals surface area contributed by atoms with Crippen molar-refractivity contribution in [3.8, 4) is 0 Å². The van der Waals surface area contributed by atoms with Gasteiger partial charge in [0.2, 0.25) is 0 Å². The monoisotopic (exact) mass is 278 g/mol. The number of unbranched alkanes of at least 4 members (excludes halogenated alkanes) is 1. The van der Waals surface area contributed by atoms with E-state index in [0.717, 1.165) is 25.4 Å². The van der Waals surface area contributed by atoms with Crippen LogP contribution in [0.2, 0.25) is 0 Å². The lowest BCUT2D eigenvalue weighted by atomic mass is 9.97. The second-order valence-corrected chi connectivity index (χ2v) is 4.18. The summed E-state index contributed by atoms with van der Waals surface area (Å²) >= 11 is 0. The van der Waals surface area contributed by atoms with Crippen LogP contribution in [-0.4, -0.2) is 11.9 Å². The molecule has 0 bridgehead atoms. The van der Waals surface area contributed by atoms with Crippen molar-refractivity contribution in [1.82, 2.24) is 0 Å². The molecule has 0 heterocycles. The van der Waals surface area contributed by atoms with Gasteiger partial charge in [0.15, 0.2) is 0 Å². The van der Waals surface area contributed by atoms with E-state index in [1.165, 1.54) is 0 Å². The van der Waals surface area contributed by atoms with Crippen molar-refractivity contribution in [2.75, 3.05) is 0 Å². The highest BCUT2D eigenvalue weighted by Gasteiger charge is 2.17. The van der Waals surface area contributed by atoms with Crippen molar-refractivity contribution in [1.29, 1.82) is 0 Å². The van der Waals surface area contributed by atoms with Crippen LogP contribution in [0.1, 0.15) is 25.7 Å². The molecule has 0 aliphatic heterocycles. The van der Waals surface area contributed by atoms with Gasteiger partial charge in [-0.25, -0.2) is 0 Å². The van der Waals surface area contributed by atoms with Crippen molar-refractivity contribution in [3.05, 3.63) is 51.0 Å². The first-order chi connectivity index (χ1) is 9.60. The lowest BCUT2D eigenvalue weighted by Crippen LogP contribution is -2.15. The average Bonchev–Trinajstić information content (AvgIpc) is 2.43. The summed E-state index contributed by atoms with van der Waals surface area (Å²) in [5.41, 5.74) is 0. The summed E-state index contributed by atoms with van der Waals surface area (Å²) in [6.45, 7) is 13.9. The molecule has 0 aliphatic carbocycles.